The molecule has 6 nitrogen and oxygen atoms in total. The molecule has 0 fully saturated rings. The van der Waals surface area contributed by atoms with Gasteiger partial charge in [0, 0.05) is 18.8 Å². The molecule has 1 aromatic carbocycles. The van der Waals surface area contributed by atoms with Crippen molar-refractivity contribution < 1.29 is 17.9 Å². The van der Waals surface area contributed by atoms with Crippen LogP contribution in [0.1, 0.15) is 25.3 Å². The number of anilines is 1. The molecule has 0 saturated carbocycles. The van der Waals surface area contributed by atoms with Crippen molar-refractivity contribution >= 4 is 15.7 Å². The van der Waals surface area contributed by atoms with Gasteiger partial charge in [-0.25, -0.2) is 13.1 Å². The van der Waals surface area contributed by atoms with Gasteiger partial charge in [0.1, 0.15) is 10.6 Å². The molecule has 0 aromatic heterocycles. The third kappa shape index (κ3) is 3.66. The number of fused-ring (bicyclic) bond motifs is 1. The highest BCUT2D eigenvalue weighted by Crippen LogP contribution is 2.34. The van der Waals surface area contributed by atoms with Gasteiger partial charge in [0.2, 0.25) is 10.0 Å². The van der Waals surface area contributed by atoms with Gasteiger partial charge in [0.05, 0.1) is 13.2 Å². The van der Waals surface area contributed by atoms with Gasteiger partial charge in [-0.2, -0.15) is 0 Å². The van der Waals surface area contributed by atoms with Crippen LogP contribution in [0, 0.1) is 0 Å². The van der Waals surface area contributed by atoms with E-state index in [1.54, 1.807) is 13.2 Å². The Morgan fingerprint density at radius 1 is 1.48 bits per heavy atom. The number of ether oxygens (including phenoxy) is 2. The van der Waals surface area contributed by atoms with Gasteiger partial charge in [0.25, 0.3) is 0 Å². The molecule has 2 rings (SSSR count). The molecule has 0 saturated heterocycles. The van der Waals surface area contributed by atoms with E-state index in [1.165, 1.54) is 6.07 Å². The van der Waals surface area contributed by atoms with Crippen molar-refractivity contribution in [3.05, 3.63) is 17.7 Å². The molecule has 1 aliphatic rings. The Hall–Kier alpha value is -1.31. The Bertz CT molecular complexity index is 601. The summed E-state index contributed by atoms with van der Waals surface area (Å²) < 4.78 is 38.4. The smallest absolute Gasteiger partial charge is 0.244 e. The van der Waals surface area contributed by atoms with E-state index in [1.807, 2.05) is 6.92 Å². The minimum atomic E-state index is -3.69. The third-order valence-electron chi connectivity index (χ3n) is 3.46. The number of rotatable bonds is 6. The molecule has 21 heavy (non-hydrogen) atoms. The summed E-state index contributed by atoms with van der Waals surface area (Å²) in [5, 5.41) is 0. The van der Waals surface area contributed by atoms with Gasteiger partial charge in [-0.1, -0.05) is 6.92 Å². The van der Waals surface area contributed by atoms with E-state index < -0.39 is 10.0 Å². The standard InChI is InChI=1S/C14H22N2O4S/c1-3-12(9-19-2)16-21(17,18)13-8-11(15)7-10-5-4-6-20-14(10)13/h7-8,12,16H,3-6,9,15H2,1-2H3. The summed E-state index contributed by atoms with van der Waals surface area (Å²) in [5.41, 5.74) is 7.11. The summed E-state index contributed by atoms with van der Waals surface area (Å²) in [6.45, 7) is 2.74. The first-order valence-corrected chi connectivity index (χ1v) is 8.52. The molecule has 0 amide bonds. The highest BCUT2D eigenvalue weighted by Gasteiger charge is 2.27. The number of aryl methyl sites for hydroxylation is 1. The second-order valence-electron chi connectivity index (χ2n) is 5.14. The van der Waals surface area contributed by atoms with Gasteiger partial charge in [-0.3, -0.25) is 0 Å². The topological polar surface area (TPSA) is 90.7 Å². The fourth-order valence-electron chi connectivity index (χ4n) is 2.39. The maximum atomic E-state index is 12.6. The van der Waals surface area contributed by atoms with Crippen molar-refractivity contribution in [2.45, 2.75) is 37.1 Å². The fraction of sp³-hybridized carbons (Fsp3) is 0.571. The molecule has 3 N–H and O–H groups in total. The lowest BCUT2D eigenvalue weighted by molar-refractivity contribution is 0.173. The van der Waals surface area contributed by atoms with Crippen LogP contribution in [0.15, 0.2) is 17.0 Å². The first-order valence-electron chi connectivity index (χ1n) is 7.04. The van der Waals surface area contributed by atoms with Gasteiger partial charge in [0.15, 0.2) is 0 Å². The molecule has 0 radical (unpaired) electrons. The Morgan fingerprint density at radius 2 is 2.24 bits per heavy atom. The molecule has 7 heteroatoms. The van der Waals surface area contributed by atoms with Gasteiger partial charge < -0.3 is 15.2 Å². The van der Waals surface area contributed by atoms with Crippen molar-refractivity contribution in [3.63, 3.8) is 0 Å². The van der Waals surface area contributed by atoms with Crippen LogP contribution < -0.4 is 15.2 Å². The minimum Gasteiger partial charge on any atom is -0.492 e. The number of nitrogens with two attached hydrogens (primary N) is 1. The Labute approximate surface area is 125 Å². The Morgan fingerprint density at radius 3 is 2.90 bits per heavy atom. The minimum absolute atomic E-state index is 0.117. The number of hydrogen-bond donors (Lipinski definition) is 2. The van der Waals surface area contributed by atoms with Crippen molar-refractivity contribution in [2.24, 2.45) is 0 Å². The molecule has 118 valence electrons. The zero-order chi connectivity index (χ0) is 15.5. The summed E-state index contributed by atoms with van der Waals surface area (Å²) in [6, 6.07) is 2.95. The molecule has 1 unspecified atom stereocenters. The second-order valence-corrected chi connectivity index (χ2v) is 6.82. The van der Waals surface area contributed by atoms with E-state index in [0.717, 1.165) is 18.4 Å². The number of sulfonamides is 1. The highest BCUT2D eigenvalue weighted by atomic mass is 32.2. The first kappa shape index (κ1) is 16.1. The maximum Gasteiger partial charge on any atom is 0.244 e. The van der Waals surface area contributed by atoms with E-state index in [4.69, 9.17) is 15.2 Å². The van der Waals surface area contributed by atoms with Gasteiger partial charge in [-0.05, 0) is 37.0 Å². The molecule has 0 spiro atoms. The van der Waals surface area contributed by atoms with E-state index in [-0.39, 0.29) is 10.9 Å². The van der Waals surface area contributed by atoms with E-state index in [0.29, 0.717) is 31.1 Å². The summed E-state index contributed by atoms with van der Waals surface area (Å²) in [7, 11) is -2.15. The largest absolute Gasteiger partial charge is 0.492 e. The summed E-state index contributed by atoms with van der Waals surface area (Å²) >= 11 is 0. The monoisotopic (exact) mass is 314 g/mol. The normalized spacial score (nSPS) is 16.1. The third-order valence-corrected chi connectivity index (χ3v) is 4.99. The van der Waals surface area contributed by atoms with E-state index >= 15 is 0 Å². The summed E-state index contributed by atoms with van der Waals surface area (Å²) in [5.74, 6) is 0.426. The van der Waals surface area contributed by atoms with Crippen molar-refractivity contribution in [1.29, 1.82) is 0 Å². The molecule has 1 aromatic rings. The quantitative estimate of drug-likeness (QED) is 0.772. The van der Waals surface area contributed by atoms with Crippen molar-refractivity contribution in [2.75, 3.05) is 26.1 Å². The van der Waals surface area contributed by atoms with Crippen LogP contribution in [0.5, 0.6) is 5.75 Å². The SMILES string of the molecule is CCC(COC)NS(=O)(=O)c1cc(N)cc2c1OCCC2. The van der Waals surface area contributed by atoms with Crippen LogP contribution in [0.4, 0.5) is 5.69 Å². The van der Waals surface area contributed by atoms with Crippen LogP contribution in [-0.4, -0.2) is 34.8 Å². The van der Waals surface area contributed by atoms with Crippen LogP contribution in [-0.2, 0) is 21.2 Å². The molecule has 1 atom stereocenters. The van der Waals surface area contributed by atoms with Crippen LogP contribution >= 0.6 is 0 Å². The predicted molar refractivity (Wildman–Crippen MR) is 80.9 cm³/mol. The molecule has 1 heterocycles. The Kier molecular flexibility index (Phi) is 5.08. The average molecular weight is 314 g/mol. The first-order chi connectivity index (χ1) is 9.97. The summed E-state index contributed by atoms with van der Waals surface area (Å²) in [6.07, 6.45) is 2.28. The summed E-state index contributed by atoms with van der Waals surface area (Å²) in [4.78, 5) is 0.117. The second kappa shape index (κ2) is 6.64. The highest BCUT2D eigenvalue weighted by molar-refractivity contribution is 7.89. The lowest BCUT2D eigenvalue weighted by Gasteiger charge is -2.22. The molecule has 0 aliphatic carbocycles. The number of nitrogen functional groups attached to an aromatic ring is 1. The fourth-order valence-corrected chi connectivity index (χ4v) is 3.91. The molecule has 0 bridgehead atoms. The zero-order valence-electron chi connectivity index (χ0n) is 12.4. The maximum absolute atomic E-state index is 12.6. The van der Waals surface area contributed by atoms with Crippen LogP contribution in [0.2, 0.25) is 0 Å². The van der Waals surface area contributed by atoms with E-state index in [9.17, 15) is 8.42 Å². The molecular formula is C14H22N2O4S. The zero-order valence-corrected chi connectivity index (χ0v) is 13.2. The molecular weight excluding hydrogens is 292 g/mol. The average Bonchev–Trinajstić information content (AvgIpc) is 2.45. The van der Waals surface area contributed by atoms with E-state index in [2.05, 4.69) is 4.72 Å². The number of benzene rings is 1. The van der Waals surface area contributed by atoms with Gasteiger partial charge >= 0.3 is 0 Å². The van der Waals surface area contributed by atoms with Crippen LogP contribution in [0.25, 0.3) is 0 Å². The van der Waals surface area contributed by atoms with Crippen LogP contribution in [0.3, 0.4) is 0 Å². The van der Waals surface area contributed by atoms with Gasteiger partial charge in [-0.15, -0.1) is 0 Å². The Balaban J connectivity index is 2.37. The van der Waals surface area contributed by atoms with Crippen molar-refractivity contribution in [3.8, 4) is 5.75 Å². The lowest BCUT2D eigenvalue weighted by Crippen LogP contribution is -2.37. The lowest BCUT2D eigenvalue weighted by atomic mass is 10.1. The van der Waals surface area contributed by atoms with Crippen molar-refractivity contribution in [1.82, 2.24) is 4.72 Å². The number of nitrogens with one attached hydrogen (secondary N) is 1. The number of hydrogen-bond acceptors (Lipinski definition) is 5. The number of methoxy groups -OCH3 is 1. The predicted octanol–water partition coefficient (Wildman–Crippen LogP) is 1.30. The molecule has 1 aliphatic heterocycles.